The van der Waals surface area contributed by atoms with Gasteiger partial charge in [-0.3, -0.25) is 10.1 Å². The van der Waals surface area contributed by atoms with Crippen LogP contribution in [0.2, 0.25) is 0 Å². The van der Waals surface area contributed by atoms with Crippen molar-refractivity contribution in [1.82, 2.24) is 10.6 Å². The number of amides is 1. The molecule has 3 N–H and O–H groups in total. The first-order valence-corrected chi connectivity index (χ1v) is 8.27. The van der Waals surface area contributed by atoms with E-state index in [9.17, 15) is 9.90 Å². The summed E-state index contributed by atoms with van der Waals surface area (Å²) < 4.78 is 11.2. The lowest BCUT2D eigenvalue weighted by Gasteiger charge is -2.21. The Kier molecular flexibility index (Phi) is 7.75. The zero-order valence-corrected chi connectivity index (χ0v) is 14.2. The van der Waals surface area contributed by atoms with Crippen molar-refractivity contribution in [3.63, 3.8) is 0 Å². The molecule has 6 heteroatoms. The highest BCUT2D eigenvalue weighted by atomic mass is 16.5. The molecule has 0 aliphatic rings. The lowest BCUT2D eigenvalue weighted by atomic mass is 10.3. The average molecular weight is 344 g/mol. The van der Waals surface area contributed by atoms with E-state index < -0.39 is 12.3 Å². The zero-order chi connectivity index (χ0) is 17.9. The number of hydrogen-bond acceptors (Lipinski definition) is 5. The van der Waals surface area contributed by atoms with Gasteiger partial charge in [-0.15, -0.1) is 0 Å². The molecule has 1 amide bonds. The first-order chi connectivity index (χ1) is 12.2. The van der Waals surface area contributed by atoms with Crippen molar-refractivity contribution in [3.8, 4) is 11.5 Å². The summed E-state index contributed by atoms with van der Waals surface area (Å²) in [6.07, 6.45) is -1.68. The molecule has 0 aliphatic heterocycles. The van der Waals surface area contributed by atoms with Crippen LogP contribution in [0.4, 0.5) is 0 Å². The maximum atomic E-state index is 12.1. The SMILES string of the molecule is CCNC(=O)C(NCC(O)COc1ccccc1)Oc1ccccc1. The minimum atomic E-state index is -0.895. The molecule has 25 heavy (non-hydrogen) atoms. The number of aliphatic hydroxyl groups excluding tert-OH is 1. The predicted octanol–water partition coefficient (Wildman–Crippen LogP) is 1.56. The van der Waals surface area contributed by atoms with Gasteiger partial charge >= 0.3 is 0 Å². The molecule has 6 nitrogen and oxygen atoms in total. The molecule has 2 unspecified atom stereocenters. The van der Waals surface area contributed by atoms with Crippen molar-refractivity contribution >= 4 is 5.91 Å². The van der Waals surface area contributed by atoms with Crippen molar-refractivity contribution in [2.45, 2.75) is 19.3 Å². The van der Waals surface area contributed by atoms with E-state index in [4.69, 9.17) is 9.47 Å². The van der Waals surface area contributed by atoms with E-state index in [-0.39, 0.29) is 19.1 Å². The standard InChI is InChI=1S/C19H24N2O4/c1-2-20-18(23)19(25-17-11-7-4-8-12-17)21-13-15(22)14-24-16-9-5-3-6-10-16/h3-12,15,19,21-22H,2,13-14H2,1H3,(H,20,23). The lowest BCUT2D eigenvalue weighted by molar-refractivity contribution is -0.129. The Morgan fingerprint density at radius 1 is 1.04 bits per heavy atom. The van der Waals surface area contributed by atoms with E-state index in [1.165, 1.54) is 0 Å². The number of hydrogen-bond donors (Lipinski definition) is 3. The fourth-order valence-electron chi connectivity index (χ4n) is 2.10. The number of para-hydroxylation sites is 2. The number of carbonyl (C=O) groups is 1. The Hall–Kier alpha value is -2.57. The van der Waals surface area contributed by atoms with E-state index in [1.807, 2.05) is 55.5 Å². The monoisotopic (exact) mass is 344 g/mol. The maximum absolute atomic E-state index is 12.1. The van der Waals surface area contributed by atoms with Crippen molar-refractivity contribution in [2.24, 2.45) is 0 Å². The fourth-order valence-corrected chi connectivity index (χ4v) is 2.10. The van der Waals surface area contributed by atoms with E-state index in [0.29, 0.717) is 18.0 Å². The summed E-state index contributed by atoms with van der Waals surface area (Å²) in [5.41, 5.74) is 0. The zero-order valence-electron chi connectivity index (χ0n) is 14.2. The van der Waals surface area contributed by atoms with Crippen LogP contribution in [0, 0.1) is 0 Å². The highest BCUT2D eigenvalue weighted by Gasteiger charge is 2.20. The van der Waals surface area contributed by atoms with Crippen molar-refractivity contribution in [1.29, 1.82) is 0 Å². The van der Waals surface area contributed by atoms with Gasteiger partial charge in [0.25, 0.3) is 5.91 Å². The minimum Gasteiger partial charge on any atom is -0.491 e. The second-order valence-corrected chi connectivity index (χ2v) is 5.39. The van der Waals surface area contributed by atoms with Gasteiger partial charge in [-0.2, -0.15) is 0 Å². The number of nitrogens with one attached hydrogen (secondary N) is 2. The summed E-state index contributed by atoms with van der Waals surface area (Å²) in [5.74, 6) is 0.964. The van der Waals surface area contributed by atoms with Crippen LogP contribution in [0.15, 0.2) is 60.7 Å². The molecule has 0 spiro atoms. The number of likely N-dealkylation sites (N-methyl/N-ethyl adjacent to an activating group) is 1. The van der Waals surface area contributed by atoms with Crippen molar-refractivity contribution in [2.75, 3.05) is 19.7 Å². The van der Waals surface area contributed by atoms with Crippen LogP contribution >= 0.6 is 0 Å². The van der Waals surface area contributed by atoms with Crippen LogP contribution in [0.3, 0.4) is 0 Å². The molecule has 2 rings (SSSR count). The van der Waals surface area contributed by atoms with Gasteiger partial charge in [-0.1, -0.05) is 36.4 Å². The highest BCUT2D eigenvalue weighted by Crippen LogP contribution is 2.11. The summed E-state index contributed by atoms with van der Waals surface area (Å²) in [6, 6.07) is 18.3. The largest absolute Gasteiger partial charge is 0.491 e. The van der Waals surface area contributed by atoms with Crippen LogP contribution in [-0.2, 0) is 4.79 Å². The molecule has 0 aromatic heterocycles. The van der Waals surface area contributed by atoms with E-state index in [1.54, 1.807) is 12.1 Å². The van der Waals surface area contributed by atoms with Gasteiger partial charge in [0, 0.05) is 13.1 Å². The number of carbonyl (C=O) groups excluding carboxylic acids is 1. The number of aliphatic hydroxyl groups is 1. The molecule has 0 bridgehead atoms. The molecule has 0 heterocycles. The summed E-state index contributed by atoms with van der Waals surface area (Å²) in [6.45, 7) is 2.60. The second-order valence-electron chi connectivity index (χ2n) is 5.39. The minimum absolute atomic E-state index is 0.116. The van der Waals surface area contributed by atoms with Gasteiger partial charge in [0.1, 0.15) is 24.2 Å². The van der Waals surface area contributed by atoms with Gasteiger partial charge in [0.2, 0.25) is 6.23 Å². The number of ether oxygens (including phenoxy) is 2. The molecule has 134 valence electrons. The van der Waals surface area contributed by atoms with E-state index in [2.05, 4.69) is 10.6 Å². The molecular formula is C19H24N2O4. The number of benzene rings is 2. The third kappa shape index (κ3) is 6.82. The van der Waals surface area contributed by atoms with Crippen LogP contribution in [0.5, 0.6) is 11.5 Å². The molecule has 0 saturated carbocycles. The molecule has 2 atom stereocenters. The molecule has 0 radical (unpaired) electrons. The summed E-state index contributed by atoms with van der Waals surface area (Å²) in [5, 5.41) is 15.7. The fraction of sp³-hybridized carbons (Fsp3) is 0.316. The van der Waals surface area contributed by atoms with Crippen molar-refractivity contribution in [3.05, 3.63) is 60.7 Å². The smallest absolute Gasteiger partial charge is 0.276 e. The van der Waals surface area contributed by atoms with Gasteiger partial charge in [0.15, 0.2) is 0 Å². The van der Waals surface area contributed by atoms with Crippen LogP contribution in [-0.4, -0.2) is 43.0 Å². The first-order valence-electron chi connectivity index (χ1n) is 8.27. The Balaban J connectivity index is 1.84. The van der Waals surface area contributed by atoms with E-state index in [0.717, 1.165) is 0 Å². The topological polar surface area (TPSA) is 79.8 Å². The summed E-state index contributed by atoms with van der Waals surface area (Å²) in [7, 11) is 0. The first kappa shape index (κ1) is 18.8. The number of rotatable bonds is 10. The third-order valence-corrected chi connectivity index (χ3v) is 3.31. The van der Waals surface area contributed by atoms with Gasteiger partial charge in [0.05, 0.1) is 0 Å². The van der Waals surface area contributed by atoms with Crippen LogP contribution in [0.1, 0.15) is 6.92 Å². The molecular weight excluding hydrogens is 320 g/mol. The van der Waals surface area contributed by atoms with Gasteiger partial charge in [-0.05, 0) is 31.2 Å². The quantitative estimate of drug-likeness (QED) is 0.570. The highest BCUT2D eigenvalue weighted by molar-refractivity contribution is 5.80. The maximum Gasteiger partial charge on any atom is 0.276 e. The lowest BCUT2D eigenvalue weighted by Crippen LogP contribution is -2.50. The molecule has 2 aromatic carbocycles. The Bertz CT molecular complexity index is 622. The third-order valence-electron chi connectivity index (χ3n) is 3.31. The molecule has 0 aliphatic carbocycles. The van der Waals surface area contributed by atoms with E-state index >= 15 is 0 Å². The molecule has 0 fully saturated rings. The average Bonchev–Trinajstić information content (AvgIpc) is 2.65. The Labute approximate surface area is 147 Å². The molecule has 0 saturated heterocycles. The van der Waals surface area contributed by atoms with Crippen LogP contribution in [0.25, 0.3) is 0 Å². The predicted molar refractivity (Wildman–Crippen MR) is 95.5 cm³/mol. The molecule has 2 aromatic rings. The summed E-state index contributed by atoms with van der Waals surface area (Å²) >= 11 is 0. The second kappa shape index (κ2) is 10.3. The summed E-state index contributed by atoms with van der Waals surface area (Å²) in [4.78, 5) is 12.1. The van der Waals surface area contributed by atoms with Gasteiger partial charge < -0.3 is 19.9 Å². The Morgan fingerprint density at radius 3 is 2.24 bits per heavy atom. The Morgan fingerprint density at radius 2 is 1.64 bits per heavy atom. The normalized spacial score (nSPS) is 12.9. The van der Waals surface area contributed by atoms with Gasteiger partial charge in [-0.25, -0.2) is 0 Å². The van der Waals surface area contributed by atoms with Crippen LogP contribution < -0.4 is 20.1 Å². The van der Waals surface area contributed by atoms with Crippen molar-refractivity contribution < 1.29 is 19.4 Å².